The molecule has 0 N–H and O–H groups in total. The minimum absolute atomic E-state index is 0.0721. The Morgan fingerprint density at radius 3 is 2.48 bits per heavy atom. The van der Waals surface area contributed by atoms with Gasteiger partial charge < -0.3 is 18.9 Å². The molecule has 0 aromatic heterocycles. The topological polar surface area (TPSA) is 60.7 Å². The minimum Gasteiger partial charge on any atom is -0.457 e. The van der Waals surface area contributed by atoms with Crippen molar-refractivity contribution >= 4 is 12.4 Å². The van der Waals surface area contributed by atoms with E-state index in [0.29, 0.717) is 17.9 Å². The molecule has 2 fully saturated rings. The van der Waals surface area contributed by atoms with Gasteiger partial charge in [0.2, 0.25) is 0 Å². The van der Waals surface area contributed by atoms with Gasteiger partial charge in [0.1, 0.15) is 11.5 Å². The number of benzene rings is 2. The van der Waals surface area contributed by atoms with Crippen LogP contribution in [0.3, 0.4) is 0 Å². The fourth-order valence-corrected chi connectivity index (χ4v) is 4.09. The molecule has 0 spiro atoms. The first kappa shape index (κ1) is 25.3. The molecule has 4 rings (SSSR count). The molecule has 1 unspecified atom stereocenters. The lowest BCUT2D eigenvalue weighted by atomic mass is 9.52. The van der Waals surface area contributed by atoms with E-state index in [9.17, 15) is 0 Å². The third-order valence-electron chi connectivity index (χ3n) is 6.00. The van der Waals surface area contributed by atoms with Gasteiger partial charge in [-0.15, -0.1) is 0 Å². The molecule has 2 saturated heterocycles. The zero-order valence-corrected chi connectivity index (χ0v) is 20.4. The molecule has 33 heavy (non-hydrogen) atoms. The average molecular weight is 449 g/mol. The minimum atomic E-state index is -0.143. The fraction of sp³-hybridized carbons (Fsp3) is 0.519. The monoisotopic (exact) mass is 449 g/mol. The molecule has 6 heteroatoms. The molecule has 176 valence electrons. The second-order valence-corrected chi connectivity index (χ2v) is 9.21. The second-order valence-electron chi connectivity index (χ2n) is 9.21. The van der Waals surface area contributed by atoms with Crippen molar-refractivity contribution in [3.63, 3.8) is 0 Å². The molecule has 2 heterocycles. The molecule has 0 bridgehead atoms. The van der Waals surface area contributed by atoms with E-state index in [1.165, 1.54) is 5.46 Å². The summed E-state index contributed by atoms with van der Waals surface area (Å²) in [6.07, 6.45) is 5.16. The number of hydrogen-bond acceptors (Lipinski definition) is 5. The number of hydrogen-bond donors (Lipinski definition) is 0. The Hall–Kier alpha value is -2.33. The summed E-state index contributed by atoms with van der Waals surface area (Å²) in [7, 11) is 0. The molecule has 0 saturated carbocycles. The predicted octanol–water partition coefficient (Wildman–Crippen LogP) is 6.06. The molecule has 0 aliphatic carbocycles. The Morgan fingerprint density at radius 2 is 1.85 bits per heavy atom. The average Bonchev–Trinajstić information content (AvgIpc) is 2.85. The van der Waals surface area contributed by atoms with E-state index in [-0.39, 0.29) is 18.6 Å². The quantitative estimate of drug-likeness (QED) is 0.502. The van der Waals surface area contributed by atoms with E-state index in [1.807, 2.05) is 38.1 Å². The van der Waals surface area contributed by atoms with Crippen LogP contribution in [0.25, 0.3) is 0 Å². The van der Waals surface area contributed by atoms with Gasteiger partial charge in [-0.05, 0) is 84.8 Å². The maximum atomic E-state index is 8.98. The van der Waals surface area contributed by atoms with Crippen LogP contribution in [0, 0.1) is 16.7 Å². The van der Waals surface area contributed by atoms with Gasteiger partial charge in [-0.1, -0.05) is 33.8 Å². The summed E-state index contributed by atoms with van der Waals surface area (Å²) in [6, 6.07) is 15.4. The van der Waals surface area contributed by atoms with Crippen LogP contribution in [0.2, 0.25) is 6.32 Å². The van der Waals surface area contributed by atoms with Crippen molar-refractivity contribution in [3.05, 3.63) is 53.6 Å². The van der Waals surface area contributed by atoms with Crippen LogP contribution in [-0.2, 0) is 20.7 Å². The van der Waals surface area contributed by atoms with Gasteiger partial charge in [0.25, 0.3) is 0 Å². The van der Waals surface area contributed by atoms with Crippen molar-refractivity contribution in [2.45, 2.75) is 72.6 Å². The van der Waals surface area contributed by atoms with E-state index in [2.05, 4.69) is 26.0 Å². The van der Waals surface area contributed by atoms with E-state index < -0.39 is 0 Å². The van der Waals surface area contributed by atoms with Crippen LogP contribution in [0.5, 0.6) is 11.5 Å². The van der Waals surface area contributed by atoms with Crippen molar-refractivity contribution in [1.29, 1.82) is 5.26 Å². The summed E-state index contributed by atoms with van der Waals surface area (Å²) in [4.78, 5) is 0. The van der Waals surface area contributed by atoms with Gasteiger partial charge >= 0.3 is 6.92 Å². The van der Waals surface area contributed by atoms with Crippen LogP contribution in [0.1, 0.15) is 64.5 Å². The van der Waals surface area contributed by atoms with Gasteiger partial charge in [0.05, 0.1) is 18.2 Å². The standard InChI is InChI=1S/C25H30BNO4.C2H6/c1-25(2)12-13-26(30-18-25)23-11-10-22(31-21-8-6-19(16-27)7-9-21)15-20(23)17-29-24-5-3-4-14-28-24;1-2/h6-11,15,24H,3-5,12-14,17-18H2,1-2H3;1-2H3. The highest BCUT2D eigenvalue weighted by atomic mass is 16.7. The molecular weight excluding hydrogens is 413 g/mol. The van der Waals surface area contributed by atoms with Gasteiger partial charge in [-0.2, -0.15) is 5.26 Å². The highest BCUT2D eigenvalue weighted by Gasteiger charge is 2.33. The summed E-state index contributed by atoms with van der Waals surface area (Å²) in [5.41, 5.74) is 3.08. The zero-order chi connectivity index (χ0) is 23.7. The first-order chi connectivity index (χ1) is 16.0. The second kappa shape index (κ2) is 12.2. The van der Waals surface area contributed by atoms with Crippen molar-refractivity contribution in [1.82, 2.24) is 0 Å². The molecular formula is C27H36BNO4. The maximum Gasteiger partial charge on any atom is 0.327 e. The first-order valence-corrected chi connectivity index (χ1v) is 12.2. The lowest BCUT2D eigenvalue weighted by Gasteiger charge is -2.34. The predicted molar refractivity (Wildman–Crippen MR) is 132 cm³/mol. The Labute approximate surface area is 199 Å². The summed E-state index contributed by atoms with van der Waals surface area (Å²) < 4.78 is 24.1. The van der Waals surface area contributed by atoms with Crippen molar-refractivity contribution < 1.29 is 18.9 Å². The molecule has 2 aromatic rings. The number of ether oxygens (including phenoxy) is 3. The number of nitriles is 1. The smallest absolute Gasteiger partial charge is 0.327 e. The molecule has 0 radical (unpaired) electrons. The van der Waals surface area contributed by atoms with Crippen LogP contribution in [0.4, 0.5) is 0 Å². The molecule has 1 atom stereocenters. The lowest BCUT2D eigenvalue weighted by molar-refractivity contribution is -0.168. The Kier molecular flexibility index (Phi) is 9.37. The number of nitrogens with zero attached hydrogens (tertiary/aromatic N) is 1. The molecule has 0 amide bonds. The molecule has 2 aliphatic heterocycles. The van der Waals surface area contributed by atoms with E-state index in [1.54, 1.807) is 12.1 Å². The SMILES string of the molecule is CC.CC1(C)CCB(c2ccc(Oc3ccc(C#N)cc3)cc2COC2CCCCO2)OC1. The lowest BCUT2D eigenvalue weighted by Crippen LogP contribution is -2.43. The van der Waals surface area contributed by atoms with Gasteiger partial charge in [-0.25, -0.2) is 0 Å². The highest BCUT2D eigenvalue weighted by Crippen LogP contribution is 2.30. The van der Waals surface area contributed by atoms with Crippen molar-refractivity contribution in [3.8, 4) is 17.6 Å². The third kappa shape index (κ3) is 7.33. The van der Waals surface area contributed by atoms with Gasteiger partial charge in [0, 0.05) is 13.2 Å². The summed E-state index contributed by atoms with van der Waals surface area (Å²) in [5.74, 6) is 1.44. The van der Waals surface area contributed by atoms with Crippen LogP contribution >= 0.6 is 0 Å². The van der Waals surface area contributed by atoms with Gasteiger partial charge in [0.15, 0.2) is 6.29 Å². The maximum absolute atomic E-state index is 8.98. The number of rotatable bonds is 6. The van der Waals surface area contributed by atoms with Crippen LogP contribution in [-0.4, -0.2) is 26.4 Å². The van der Waals surface area contributed by atoms with Crippen molar-refractivity contribution in [2.24, 2.45) is 5.41 Å². The van der Waals surface area contributed by atoms with E-state index in [0.717, 1.165) is 56.5 Å². The normalized spacial score (nSPS) is 19.7. The molecule has 2 aromatic carbocycles. The zero-order valence-electron chi connectivity index (χ0n) is 20.4. The Morgan fingerprint density at radius 1 is 1.09 bits per heavy atom. The first-order valence-electron chi connectivity index (χ1n) is 12.2. The fourth-order valence-electron chi connectivity index (χ4n) is 4.09. The molecule has 2 aliphatic rings. The Bertz CT molecular complexity index is 907. The van der Waals surface area contributed by atoms with Crippen LogP contribution < -0.4 is 10.2 Å². The van der Waals surface area contributed by atoms with Crippen molar-refractivity contribution in [2.75, 3.05) is 13.2 Å². The van der Waals surface area contributed by atoms with E-state index in [4.69, 9.17) is 24.1 Å². The summed E-state index contributed by atoms with van der Waals surface area (Å²) >= 11 is 0. The third-order valence-corrected chi connectivity index (χ3v) is 6.00. The Balaban J connectivity index is 0.00000149. The summed E-state index contributed by atoms with van der Waals surface area (Å²) in [5, 5.41) is 8.98. The molecule has 5 nitrogen and oxygen atoms in total. The largest absolute Gasteiger partial charge is 0.457 e. The highest BCUT2D eigenvalue weighted by molar-refractivity contribution is 6.68. The summed E-state index contributed by atoms with van der Waals surface area (Å²) in [6.45, 7) is 10.6. The van der Waals surface area contributed by atoms with E-state index >= 15 is 0 Å². The van der Waals surface area contributed by atoms with Gasteiger partial charge in [-0.3, -0.25) is 0 Å². The van der Waals surface area contributed by atoms with Crippen LogP contribution in [0.15, 0.2) is 42.5 Å².